The lowest BCUT2D eigenvalue weighted by molar-refractivity contribution is -0.255. The molecule has 2 bridgehead atoms. The third-order valence-electron chi connectivity index (χ3n) is 2.39. The fourth-order valence-corrected chi connectivity index (χ4v) is 1.81. The quantitative estimate of drug-likeness (QED) is 0.221. The molecule has 0 amide bonds. The Morgan fingerprint density at radius 3 is 2.15 bits per heavy atom. The van der Waals surface area contributed by atoms with Crippen LogP contribution in [0.4, 0.5) is 0 Å². The van der Waals surface area contributed by atoms with E-state index in [4.69, 9.17) is 0 Å². The highest BCUT2D eigenvalue weighted by molar-refractivity contribution is 5.35. The maximum absolute atomic E-state index is 9.22. The van der Waals surface area contributed by atoms with Crippen LogP contribution in [0.2, 0.25) is 0 Å². The minimum Gasteiger partial charge on any atom is -0.302 e. The van der Waals surface area contributed by atoms with Crippen molar-refractivity contribution in [3.05, 3.63) is 12.2 Å². The Morgan fingerprint density at radius 1 is 1.38 bits per heavy atom. The molecule has 0 radical (unpaired) electrons. The van der Waals surface area contributed by atoms with Crippen LogP contribution in [-0.4, -0.2) is 13.1 Å². The van der Waals surface area contributed by atoms with Crippen LogP contribution in [0.15, 0.2) is 12.2 Å². The van der Waals surface area contributed by atoms with Crippen LogP contribution in [0.25, 0.3) is 0 Å². The Morgan fingerprint density at radius 2 is 2.00 bits per heavy atom. The maximum atomic E-state index is 9.22. The van der Waals surface area contributed by atoms with Crippen molar-refractivity contribution in [3.63, 3.8) is 0 Å². The van der Waals surface area contributed by atoms with Crippen molar-refractivity contribution in [1.82, 2.24) is 0 Å². The Balaban J connectivity index is 0.000000133. The van der Waals surface area contributed by atoms with Crippen molar-refractivity contribution in [1.29, 1.82) is 0 Å². The van der Waals surface area contributed by atoms with Crippen molar-refractivity contribution in [3.8, 4) is 0 Å². The first-order valence-electron chi connectivity index (χ1n) is 4.77. The van der Waals surface area contributed by atoms with E-state index in [9.17, 15) is 4.79 Å². The van der Waals surface area contributed by atoms with Crippen molar-refractivity contribution >= 4 is 6.47 Å². The maximum Gasteiger partial charge on any atom is 0.330 e. The van der Waals surface area contributed by atoms with Crippen molar-refractivity contribution in [2.24, 2.45) is 11.8 Å². The summed E-state index contributed by atoms with van der Waals surface area (Å²) < 4.78 is 0. The Hall–Kier alpha value is -0.830. The van der Waals surface area contributed by atoms with Crippen LogP contribution in [-0.2, 0) is 14.6 Å². The molecular weight excluding hydrogens is 168 g/mol. The van der Waals surface area contributed by atoms with Crippen LogP contribution in [0.3, 0.4) is 0 Å². The molecule has 3 nitrogen and oxygen atoms in total. The summed E-state index contributed by atoms with van der Waals surface area (Å²) in [6.45, 7) is 2.37. The van der Waals surface area contributed by atoms with E-state index < -0.39 is 0 Å². The van der Waals surface area contributed by atoms with Crippen LogP contribution >= 0.6 is 0 Å². The first-order chi connectivity index (χ1) is 6.36. The molecule has 0 aliphatic heterocycles. The number of carbonyl (C=O) groups excluding carboxylic acids is 1. The molecule has 1 saturated carbocycles. The lowest BCUT2D eigenvalue weighted by Crippen LogP contribution is -1.88. The van der Waals surface area contributed by atoms with Gasteiger partial charge in [0, 0.05) is 0 Å². The van der Waals surface area contributed by atoms with Gasteiger partial charge in [0.05, 0.1) is 6.61 Å². The van der Waals surface area contributed by atoms with Gasteiger partial charge in [0.2, 0.25) is 0 Å². The Bertz CT molecular complexity index is 165. The number of hydrogen-bond donors (Lipinski definition) is 0. The molecule has 0 heterocycles. The van der Waals surface area contributed by atoms with E-state index in [1.165, 1.54) is 19.3 Å². The van der Waals surface area contributed by atoms with Gasteiger partial charge in [-0.1, -0.05) is 12.2 Å². The number of rotatable bonds is 3. The van der Waals surface area contributed by atoms with Gasteiger partial charge in [-0.05, 0) is 38.0 Å². The van der Waals surface area contributed by atoms with Gasteiger partial charge in [0.15, 0.2) is 0 Å². The van der Waals surface area contributed by atoms with E-state index in [1.54, 1.807) is 6.92 Å². The second-order valence-corrected chi connectivity index (χ2v) is 3.32. The SMILES string of the molecule is C1=CC2CCC1C2.CCOOC=O. The lowest BCUT2D eigenvalue weighted by atomic mass is 10.1. The minimum absolute atomic E-state index is 0.240. The van der Waals surface area contributed by atoms with Gasteiger partial charge in [0.1, 0.15) is 0 Å². The summed E-state index contributed by atoms with van der Waals surface area (Å²) in [7, 11) is 0. The highest BCUT2D eigenvalue weighted by Gasteiger charge is 2.25. The number of allylic oxidation sites excluding steroid dienone is 2. The zero-order valence-corrected chi connectivity index (χ0v) is 7.94. The third-order valence-corrected chi connectivity index (χ3v) is 2.39. The summed E-state index contributed by atoms with van der Waals surface area (Å²) in [5.41, 5.74) is 0. The summed E-state index contributed by atoms with van der Waals surface area (Å²) in [6, 6.07) is 0. The van der Waals surface area contributed by atoms with E-state index >= 15 is 0 Å². The van der Waals surface area contributed by atoms with Crippen LogP contribution in [0.5, 0.6) is 0 Å². The molecule has 0 N–H and O–H groups in total. The smallest absolute Gasteiger partial charge is 0.302 e. The van der Waals surface area contributed by atoms with Crippen molar-refractivity contribution < 1.29 is 14.6 Å². The predicted octanol–water partition coefficient (Wildman–Crippen LogP) is 2.08. The zero-order valence-electron chi connectivity index (χ0n) is 7.94. The van der Waals surface area contributed by atoms with E-state index in [-0.39, 0.29) is 6.47 Å². The molecule has 0 saturated heterocycles. The molecule has 0 aromatic carbocycles. The lowest BCUT2D eigenvalue weighted by Gasteiger charge is -1.96. The molecule has 1 fully saturated rings. The van der Waals surface area contributed by atoms with Crippen LogP contribution in [0, 0.1) is 11.8 Å². The Labute approximate surface area is 78.6 Å². The molecule has 2 atom stereocenters. The Kier molecular flexibility index (Phi) is 4.54. The molecule has 2 rings (SSSR count). The van der Waals surface area contributed by atoms with Crippen molar-refractivity contribution in [2.75, 3.05) is 6.61 Å². The second-order valence-electron chi connectivity index (χ2n) is 3.32. The molecule has 0 aromatic rings. The third kappa shape index (κ3) is 3.59. The first-order valence-corrected chi connectivity index (χ1v) is 4.77. The topological polar surface area (TPSA) is 35.5 Å². The number of hydrogen-bond acceptors (Lipinski definition) is 3. The predicted molar refractivity (Wildman–Crippen MR) is 48.7 cm³/mol. The second kappa shape index (κ2) is 5.75. The monoisotopic (exact) mass is 184 g/mol. The fourth-order valence-electron chi connectivity index (χ4n) is 1.81. The van der Waals surface area contributed by atoms with Gasteiger partial charge < -0.3 is 4.89 Å². The molecule has 2 aliphatic carbocycles. The zero-order chi connectivity index (χ0) is 9.52. The molecule has 0 spiro atoms. The van der Waals surface area contributed by atoms with Gasteiger partial charge in [0.25, 0.3) is 0 Å². The normalized spacial score (nSPS) is 28.1. The largest absolute Gasteiger partial charge is 0.330 e. The van der Waals surface area contributed by atoms with E-state index in [0.717, 1.165) is 11.8 Å². The number of fused-ring (bicyclic) bond motifs is 2. The number of carbonyl (C=O) groups is 1. The van der Waals surface area contributed by atoms with Gasteiger partial charge in [-0.15, -0.1) is 0 Å². The summed E-state index contributed by atoms with van der Waals surface area (Å²) >= 11 is 0. The standard InChI is InChI=1S/C7H10.C3H6O3/c1-2-7-4-3-6(1)5-7;1-2-5-6-3-4/h1-2,6-7H,3-5H2;3H,2H2,1H3. The van der Waals surface area contributed by atoms with Gasteiger partial charge in [-0.25, -0.2) is 0 Å². The summed E-state index contributed by atoms with van der Waals surface area (Å²) in [4.78, 5) is 17.1. The summed E-state index contributed by atoms with van der Waals surface area (Å²) in [5, 5.41) is 0. The molecule has 13 heavy (non-hydrogen) atoms. The average molecular weight is 184 g/mol. The highest BCUT2D eigenvalue weighted by Crippen LogP contribution is 2.38. The highest BCUT2D eigenvalue weighted by atomic mass is 17.2. The van der Waals surface area contributed by atoms with Crippen molar-refractivity contribution in [2.45, 2.75) is 26.2 Å². The minimum atomic E-state index is 0.240. The molecule has 74 valence electrons. The average Bonchev–Trinajstić information content (AvgIpc) is 2.79. The molecule has 0 aromatic heterocycles. The van der Waals surface area contributed by atoms with E-state index in [2.05, 4.69) is 21.9 Å². The molecule has 2 aliphatic rings. The summed E-state index contributed by atoms with van der Waals surface area (Å²) in [6.07, 6.45) is 9.19. The fraction of sp³-hybridized carbons (Fsp3) is 0.700. The summed E-state index contributed by atoms with van der Waals surface area (Å²) in [5.74, 6) is 1.98. The van der Waals surface area contributed by atoms with E-state index in [0.29, 0.717) is 6.61 Å². The van der Waals surface area contributed by atoms with Gasteiger partial charge >= 0.3 is 6.47 Å². The molecule has 2 unspecified atom stereocenters. The van der Waals surface area contributed by atoms with Crippen LogP contribution in [0.1, 0.15) is 26.2 Å². The molecular formula is C10H16O3. The van der Waals surface area contributed by atoms with Crippen LogP contribution < -0.4 is 0 Å². The van der Waals surface area contributed by atoms with Gasteiger partial charge in [-0.3, -0.25) is 4.79 Å². The van der Waals surface area contributed by atoms with Gasteiger partial charge in [-0.2, -0.15) is 4.89 Å². The first kappa shape index (κ1) is 10.3. The van der Waals surface area contributed by atoms with E-state index in [1.807, 2.05) is 0 Å². The molecule has 3 heteroatoms.